The highest BCUT2D eigenvalue weighted by atomic mass is 32.3. The quantitative estimate of drug-likeness (QED) is 0.757. The Morgan fingerprint density at radius 2 is 1.71 bits per heavy atom. The van der Waals surface area contributed by atoms with E-state index >= 15 is 0 Å². The maximum atomic E-state index is 13.0. The zero-order chi connectivity index (χ0) is 17.2. The molecule has 1 aromatic rings. The molecule has 0 saturated carbocycles. The van der Waals surface area contributed by atoms with Gasteiger partial charge in [-0.15, -0.1) is 0 Å². The fourth-order valence-corrected chi connectivity index (χ4v) is 4.05. The minimum Gasteiger partial charge on any atom is -0.337 e. The molecule has 0 aromatic heterocycles. The largest absolute Gasteiger partial charge is 0.374 e. The Balaban J connectivity index is 1.61. The maximum Gasteiger partial charge on any atom is 0.374 e. The molecule has 0 bridgehead atoms. The van der Waals surface area contributed by atoms with Crippen molar-refractivity contribution in [1.29, 1.82) is 0 Å². The average Bonchev–Trinajstić information content (AvgIpc) is 2.57. The van der Waals surface area contributed by atoms with Gasteiger partial charge in [-0.1, -0.05) is 34.2 Å². The lowest BCUT2D eigenvalue weighted by atomic mass is 10.0. The summed E-state index contributed by atoms with van der Waals surface area (Å²) in [7, 11) is -4.63. The molecule has 1 unspecified atom stereocenters. The first-order chi connectivity index (χ1) is 11.4. The van der Waals surface area contributed by atoms with Crippen molar-refractivity contribution in [1.82, 2.24) is 14.1 Å². The normalized spacial score (nSPS) is 24.3. The summed E-state index contributed by atoms with van der Waals surface area (Å²) in [6, 6.07) is 9.63. The van der Waals surface area contributed by atoms with Gasteiger partial charge in [0, 0.05) is 39.3 Å². The van der Waals surface area contributed by atoms with Crippen molar-refractivity contribution in [2.75, 3.05) is 32.7 Å². The standard InChI is InChI=1S/C16H22FN3O3S/c17-24(22,23)20-11-9-18(10-12-20)15-7-4-8-19(16(15)21)13-14-5-2-1-3-6-14/h1-3,5-6,15H,4,7-13H2. The van der Waals surface area contributed by atoms with Gasteiger partial charge in [-0.2, -0.15) is 12.7 Å². The van der Waals surface area contributed by atoms with Crippen molar-refractivity contribution in [3.05, 3.63) is 35.9 Å². The van der Waals surface area contributed by atoms with Gasteiger partial charge in [0.25, 0.3) is 0 Å². The van der Waals surface area contributed by atoms with Gasteiger partial charge in [0.15, 0.2) is 0 Å². The third-order valence-electron chi connectivity index (χ3n) is 4.74. The third-order valence-corrected chi connectivity index (χ3v) is 5.72. The Morgan fingerprint density at radius 1 is 1.04 bits per heavy atom. The molecule has 1 atom stereocenters. The van der Waals surface area contributed by atoms with E-state index in [1.807, 2.05) is 40.1 Å². The second kappa shape index (κ2) is 7.16. The number of carbonyl (C=O) groups is 1. The Bertz CT molecular complexity index is 675. The molecule has 1 aromatic carbocycles. The number of piperidine rings is 1. The van der Waals surface area contributed by atoms with Gasteiger partial charge in [0.2, 0.25) is 5.91 Å². The van der Waals surface area contributed by atoms with Crippen LogP contribution in [-0.2, 0) is 21.7 Å². The van der Waals surface area contributed by atoms with Crippen LogP contribution in [0.25, 0.3) is 0 Å². The molecule has 24 heavy (non-hydrogen) atoms. The number of likely N-dealkylation sites (tertiary alicyclic amines) is 1. The number of carbonyl (C=O) groups excluding carboxylic acids is 1. The molecule has 0 spiro atoms. The number of benzene rings is 1. The molecule has 8 heteroatoms. The van der Waals surface area contributed by atoms with Gasteiger partial charge in [0.05, 0.1) is 6.04 Å². The van der Waals surface area contributed by atoms with Crippen molar-refractivity contribution in [2.45, 2.75) is 25.4 Å². The van der Waals surface area contributed by atoms with Crippen molar-refractivity contribution in [2.24, 2.45) is 0 Å². The number of halogens is 1. The smallest absolute Gasteiger partial charge is 0.337 e. The molecule has 1 amide bonds. The molecular weight excluding hydrogens is 333 g/mol. The van der Waals surface area contributed by atoms with Crippen LogP contribution in [0, 0.1) is 0 Å². The third kappa shape index (κ3) is 3.93. The van der Waals surface area contributed by atoms with Crippen LogP contribution in [0.2, 0.25) is 0 Å². The molecule has 2 aliphatic heterocycles. The highest BCUT2D eigenvalue weighted by Gasteiger charge is 2.36. The van der Waals surface area contributed by atoms with Crippen molar-refractivity contribution >= 4 is 16.3 Å². The molecule has 2 saturated heterocycles. The molecule has 0 aliphatic carbocycles. The molecule has 0 radical (unpaired) electrons. The summed E-state index contributed by atoms with van der Waals surface area (Å²) in [5, 5.41) is 0. The molecule has 2 aliphatic rings. The molecule has 2 fully saturated rings. The Hall–Kier alpha value is -1.51. The fourth-order valence-electron chi connectivity index (χ4n) is 3.45. The number of rotatable bonds is 4. The topological polar surface area (TPSA) is 60.9 Å². The fraction of sp³-hybridized carbons (Fsp3) is 0.562. The first-order valence-corrected chi connectivity index (χ1v) is 9.56. The van der Waals surface area contributed by atoms with Crippen molar-refractivity contribution in [3.8, 4) is 0 Å². The van der Waals surface area contributed by atoms with E-state index in [1.54, 1.807) is 0 Å². The lowest BCUT2D eigenvalue weighted by molar-refractivity contribution is -0.141. The molecule has 3 rings (SSSR count). The summed E-state index contributed by atoms with van der Waals surface area (Å²) >= 11 is 0. The predicted molar refractivity (Wildman–Crippen MR) is 88.1 cm³/mol. The zero-order valence-electron chi connectivity index (χ0n) is 13.5. The summed E-state index contributed by atoms with van der Waals surface area (Å²) in [4.78, 5) is 16.6. The van der Waals surface area contributed by atoms with E-state index in [4.69, 9.17) is 0 Å². The Morgan fingerprint density at radius 3 is 2.33 bits per heavy atom. The Labute approximate surface area is 142 Å². The van der Waals surface area contributed by atoms with E-state index in [1.165, 1.54) is 0 Å². The lowest BCUT2D eigenvalue weighted by Crippen LogP contribution is -2.57. The summed E-state index contributed by atoms with van der Waals surface area (Å²) in [5.74, 6) is 0.0849. The molecule has 6 nitrogen and oxygen atoms in total. The first kappa shape index (κ1) is 17.3. The van der Waals surface area contributed by atoms with E-state index < -0.39 is 10.4 Å². The maximum absolute atomic E-state index is 13.0. The van der Waals surface area contributed by atoms with Gasteiger partial charge >= 0.3 is 10.4 Å². The van der Waals surface area contributed by atoms with E-state index in [0.717, 1.165) is 29.3 Å². The molecule has 2 heterocycles. The van der Waals surface area contributed by atoms with E-state index in [9.17, 15) is 17.1 Å². The highest BCUT2D eigenvalue weighted by molar-refractivity contribution is 7.83. The Kier molecular flexibility index (Phi) is 5.17. The first-order valence-electron chi connectivity index (χ1n) is 8.21. The second-order valence-electron chi connectivity index (χ2n) is 6.28. The number of nitrogens with zero attached hydrogens (tertiary/aromatic N) is 3. The number of piperazine rings is 1. The van der Waals surface area contributed by atoms with Crippen LogP contribution in [0.15, 0.2) is 30.3 Å². The van der Waals surface area contributed by atoms with Crippen LogP contribution in [-0.4, -0.2) is 67.2 Å². The van der Waals surface area contributed by atoms with Gasteiger partial charge in [-0.3, -0.25) is 9.69 Å². The van der Waals surface area contributed by atoms with Gasteiger partial charge in [-0.05, 0) is 18.4 Å². The molecular formula is C16H22FN3O3S. The van der Waals surface area contributed by atoms with Crippen LogP contribution in [0.3, 0.4) is 0 Å². The van der Waals surface area contributed by atoms with Crippen LogP contribution in [0.4, 0.5) is 3.89 Å². The van der Waals surface area contributed by atoms with Crippen LogP contribution < -0.4 is 0 Å². The highest BCUT2D eigenvalue weighted by Crippen LogP contribution is 2.21. The van der Waals surface area contributed by atoms with E-state index in [-0.39, 0.29) is 25.0 Å². The van der Waals surface area contributed by atoms with E-state index in [2.05, 4.69) is 0 Å². The van der Waals surface area contributed by atoms with Crippen molar-refractivity contribution < 1.29 is 17.1 Å². The average molecular weight is 355 g/mol. The van der Waals surface area contributed by atoms with Gasteiger partial charge < -0.3 is 4.90 Å². The van der Waals surface area contributed by atoms with Crippen molar-refractivity contribution in [3.63, 3.8) is 0 Å². The summed E-state index contributed by atoms with van der Waals surface area (Å²) < 4.78 is 35.8. The lowest BCUT2D eigenvalue weighted by Gasteiger charge is -2.41. The monoisotopic (exact) mass is 355 g/mol. The molecule has 0 N–H and O–H groups in total. The molecule has 132 valence electrons. The second-order valence-corrected chi connectivity index (χ2v) is 7.62. The summed E-state index contributed by atoms with van der Waals surface area (Å²) in [6.07, 6.45) is 1.69. The number of amides is 1. The number of hydrogen-bond acceptors (Lipinski definition) is 4. The zero-order valence-corrected chi connectivity index (χ0v) is 14.3. The summed E-state index contributed by atoms with van der Waals surface area (Å²) in [6.45, 7) is 2.30. The predicted octanol–water partition coefficient (Wildman–Crippen LogP) is 1.01. The minimum absolute atomic E-state index is 0.0849. The number of hydrogen-bond donors (Lipinski definition) is 0. The summed E-state index contributed by atoms with van der Waals surface area (Å²) in [5.41, 5.74) is 1.10. The van der Waals surface area contributed by atoms with Gasteiger partial charge in [0.1, 0.15) is 0 Å². The SMILES string of the molecule is O=C1C(N2CCN(S(=O)(=O)F)CC2)CCCN1Cc1ccccc1. The van der Waals surface area contributed by atoms with E-state index in [0.29, 0.717) is 19.6 Å². The van der Waals surface area contributed by atoms with Crippen LogP contribution >= 0.6 is 0 Å². The minimum atomic E-state index is -4.63. The van der Waals surface area contributed by atoms with Crippen LogP contribution in [0.1, 0.15) is 18.4 Å². The van der Waals surface area contributed by atoms with Crippen LogP contribution in [0.5, 0.6) is 0 Å². The van der Waals surface area contributed by atoms with Gasteiger partial charge in [-0.25, -0.2) is 0 Å².